The Kier molecular flexibility index (Phi) is 5.21. The first-order valence-electron chi connectivity index (χ1n) is 8.04. The first-order chi connectivity index (χ1) is 11.8. The molecule has 0 radical (unpaired) electrons. The van der Waals surface area contributed by atoms with Gasteiger partial charge in [-0.2, -0.15) is 0 Å². The Labute approximate surface area is 141 Å². The Morgan fingerprint density at radius 1 is 1.17 bits per heavy atom. The van der Waals surface area contributed by atoms with Crippen LogP contribution in [0.3, 0.4) is 0 Å². The highest BCUT2D eigenvalue weighted by Gasteiger charge is 2.22. The molecule has 3 rings (SSSR count). The van der Waals surface area contributed by atoms with Crippen LogP contribution >= 0.6 is 0 Å². The number of nitrogens with one attached hydrogen (secondary N) is 1. The third-order valence-corrected chi connectivity index (χ3v) is 3.95. The van der Waals surface area contributed by atoms with Gasteiger partial charge in [-0.3, -0.25) is 4.79 Å². The standard InChI is InChI=1S/C19H21NO4/c1-22-14-6-8-15(9-7-14)23-13-11-19(21)20-17-10-12-24-18-5-3-2-4-16(17)18/h2-9,17H,10-13H2,1H3,(H,20,21). The van der Waals surface area contributed by atoms with Crippen LogP contribution in [0.25, 0.3) is 0 Å². The molecule has 24 heavy (non-hydrogen) atoms. The highest BCUT2D eigenvalue weighted by molar-refractivity contribution is 5.76. The number of amides is 1. The minimum absolute atomic E-state index is 0.00318. The minimum Gasteiger partial charge on any atom is -0.497 e. The van der Waals surface area contributed by atoms with E-state index in [9.17, 15) is 4.79 Å². The lowest BCUT2D eigenvalue weighted by Gasteiger charge is -2.26. The summed E-state index contributed by atoms with van der Waals surface area (Å²) in [5.74, 6) is 2.33. The molecule has 5 heteroatoms. The molecule has 5 nitrogen and oxygen atoms in total. The third kappa shape index (κ3) is 3.98. The van der Waals surface area contributed by atoms with Gasteiger partial charge in [0.1, 0.15) is 17.2 Å². The van der Waals surface area contributed by atoms with Crippen LogP contribution in [0.4, 0.5) is 0 Å². The predicted octanol–water partition coefficient (Wildman–Crippen LogP) is 3.10. The van der Waals surface area contributed by atoms with Crippen molar-refractivity contribution in [1.82, 2.24) is 5.32 Å². The average molecular weight is 327 g/mol. The smallest absolute Gasteiger partial charge is 0.223 e. The van der Waals surface area contributed by atoms with Crippen molar-refractivity contribution in [1.29, 1.82) is 0 Å². The van der Waals surface area contributed by atoms with Gasteiger partial charge >= 0.3 is 0 Å². The molecular weight excluding hydrogens is 306 g/mol. The first-order valence-corrected chi connectivity index (χ1v) is 8.04. The van der Waals surface area contributed by atoms with E-state index in [0.717, 1.165) is 29.2 Å². The molecule has 126 valence electrons. The molecule has 0 spiro atoms. The number of rotatable bonds is 6. The van der Waals surface area contributed by atoms with Crippen molar-refractivity contribution in [2.75, 3.05) is 20.3 Å². The second kappa shape index (κ2) is 7.73. The summed E-state index contributed by atoms with van der Waals surface area (Å²) in [5, 5.41) is 3.06. The summed E-state index contributed by atoms with van der Waals surface area (Å²) in [4.78, 5) is 12.2. The Hall–Kier alpha value is -2.69. The summed E-state index contributed by atoms with van der Waals surface area (Å²) in [6.07, 6.45) is 1.09. The van der Waals surface area contributed by atoms with Crippen molar-refractivity contribution in [2.24, 2.45) is 0 Å². The molecule has 0 aromatic heterocycles. The van der Waals surface area contributed by atoms with Crippen LogP contribution in [0.15, 0.2) is 48.5 Å². The van der Waals surface area contributed by atoms with E-state index in [1.54, 1.807) is 7.11 Å². The molecule has 1 atom stereocenters. The highest BCUT2D eigenvalue weighted by atomic mass is 16.5. The number of fused-ring (bicyclic) bond motifs is 1. The second-order valence-corrected chi connectivity index (χ2v) is 5.57. The number of carbonyl (C=O) groups excluding carboxylic acids is 1. The second-order valence-electron chi connectivity index (χ2n) is 5.57. The van der Waals surface area contributed by atoms with Crippen molar-refractivity contribution in [3.63, 3.8) is 0 Å². The van der Waals surface area contributed by atoms with Crippen LogP contribution in [-0.4, -0.2) is 26.2 Å². The first kappa shape index (κ1) is 16.2. The van der Waals surface area contributed by atoms with Gasteiger partial charge in [-0.1, -0.05) is 18.2 Å². The number of hydrogen-bond acceptors (Lipinski definition) is 4. The van der Waals surface area contributed by atoms with E-state index in [-0.39, 0.29) is 11.9 Å². The summed E-state index contributed by atoms with van der Waals surface area (Å²) in [6.45, 7) is 0.952. The topological polar surface area (TPSA) is 56.8 Å². The van der Waals surface area contributed by atoms with Gasteiger partial charge in [-0.05, 0) is 30.3 Å². The number of carbonyl (C=O) groups is 1. The fourth-order valence-electron chi connectivity index (χ4n) is 2.69. The molecule has 1 heterocycles. The Morgan fingerprint density at radius 3 is 2.71 bits per heavy atom. The number of ether oxygens (including phenoxy) is 3. The number of hydrogen-bond donors (Lipinski definition) is 1. The largest absolute Gasteiger partial charge is 0.497 e. The molecule has 1 amide bonds. The summed E-state index contributed by atoms with van der Waals surface area (Å²) in [7, 11) is 1.62. The molecular formula is C19H21NO4. The van der Waals surface area contributed by atoms with E-state index in [0.29, 0.717) is 19.6 Å². The van der Waals surface area contributed by atoms with Crippen molar-refractivity contribution in [3.05, 3.63) is 54.1 Å². The van der Waals surface area contributed by atoms with Gasteiger partial charge in [0, 0.05) is 12.0 Å². The molecule has 1 unspecified atom stereocenters. The highest BCUT2D eigenvalue weighted by Crippen LogP contribution is 2.31. The summed E-state index contributed by atoms with van der Waals surface area (Å²) >= 11 is 0. The minimum atomic E-state index is -0.0229. The SMILES string of the molecule is COc1ccc(OCCC(=O)NC2CCOc3ccccc32)cc1. The Balaban J connectivity index is 1.48. The molecule has 0 aliphatic carbocycles. The van der Waals surface area contributed by atoms with Gasteiger partial charge in [0.05, 0.1) is 32.8 Å². The van der Waals surface area contributed by atoms with Crippen LogP contribution < -0.4 is 19.5 Å². The normalized spacial score (nSPS) is 15.8. The fourth-order valence-corrected chi connectivity index (χ4v) is 2.69. The summed E-state index contributed by atoms with van der Waals surface area (Å²) < 4.78 is 16.3. The van der Waals surface area contributed by atoms with E-state index < -0.39 is 0 Å². The molecule has 1 aliphatic rings. The zero-order valence-corrected chi connectivity index (χ0v) is 13.7. The summed E-state index contributed by atoms with van der Waals surface area (Å²) in [6, 6.07) is 15.1. The third-order valence-electron chi connectivity index (χ3n) is 3.95. The Morgan fingerprint density at radius 2 is 1.92 bits per heavy atom. The average Bonchev–Trinajstić information content (AvgIpc) is 2.63. The van der Waals surface area contributed by atoms with E-state index >= 15 is 0 Å². The molecule has 2 aromatic carbocycles. The van der Waals surface area contributed by atoms with Crippen molar-refractivity contribution >= 4 is 5.91 Å². The molecule has 1 aliphatic heterocycles. The lowest BCUT2D eigenvalue weighted by Crippen LogP contribution is -2.32. The van der Waals surface area contributed by atoms with Gasteiger partial charge in [0.15, 0.2) is 0 Å². The van der Waals surface area contributed by atoms with Crippen LogP contribution in [0, 0.1) is 0 Å². The maximum absolute atomic E-state index is 12.2. The lowest BCUT2D eigenvalue weighted by molar-refractivity contribution is -0.122. The van der Waals surface area contributed by atoms with E-state index in [1.165, 1.54) is 0 Å². The van der Waals surface area contributed by atoms with Crippen LogP contribution in [0.1, 0.15) is 24.4 Å². The van der Waals surface area contributed by atoms with Crippen LogP contribution in [-0.2, 0) is 4.79 Å². The molecule has 0 fully saturated rings. The molecule has 2 aromatic rings. The van der Waals surface area contributed by atoms with E-state index in [4.69, 9.17) is 14.2 Å². The zero-order chi connectivity index (χ0) is 16.8. The van der Waals surface area contributed by atoms with E-state index in [1.807, 2.05) is 48.5 Å². The van der Waals surface area contributed by atoms with E-state index in [2.05, 4.69) is 5.32 Å². The van der Waals surface area contributed by atoms with Gasteiger partial charge < -0.3 is 19.5 Å². The maximum atomic E-state index is 12.2. The maximum Gasteiger partial charge on any atom is 0.223 e. The number of benzene rings is 2. The molecule has 0 saturated heterocycles. The van der Waals surface area contributed by atoms with Crippen molar-refractivity contribution < 1.29 is 19.0 Å². The quantitative estimate of drug-likeness (QED) is 0.886. The fraction of sp³-hybridized carbons (Fsp3) is 0.316. The van der Waals surface area contributed by atoms with Crippen LogP contribution in [0.2, 0.25) is 0 Å². The zero-order valence-electron chi connectivity index (χ0n) is 13.7. The molecule has 0 saturated carbocycles. The van der Waals surface area contributed by atoms with Crippen molar-refractivity contribution in [3.8, 4) is 17.2 Å². The van der Waals surface area contributed by atoms with Gasteiger partial charge in [0.2, 0.25) is 5.91 Å². The van der Waals surface area contributed by atoms with Gasteiger partial charge in [-0.15, -0.1) is 0 Å². The number of methoxy groups -OCH3 is 1. The summed E-state index contributed by atoms with van der Waals surface area (Å²) in [5.41, 5.74) is 1.04. The van der Waals surface area contributed by atoms with Crippen LogP contribution in [0.5, 0.6) is 17.2 Å². The predicted molar refractivity (Wildman–Crippen MR) is 90.5 cm³/mol. The lowest BCUT2D eigenvalue weighted by atomic mass is 10.0. The van der Waals surface area contributed by atoms with Crippen molar-refractivity contribution in [2.45, 2.75) is 18.9 Å². The molecule has 0 bridgehead atoms. The van der Waals surface area contributed by atoms with Gasteiger partial charge in [-0.25, -0.2) is 0 Å². The molecule has 1 N–H and O–H groups in total. The number of para-hydroxylation sites is 1. The Bertz CT molecular complexity index is 684. The van der Waals surface area contributed by atoms with Gasteiger partial charge in [0.25, 0.3) is 0 Å². The monoisotopic (exact) mass is 327 g/mol.